The highest BCUT2D eigenvalue weighted by atomic mass is 32.2. The van der Waals surface area contributed by atoms with Gasteiger partial charge in [0.25, 0.3) is 0 Å². The number of carbonyl (C=O) groups is 1. The number of hydrogen-bond donors (Lipinski definition) is 2. The normalized spacial score (nSPS) is 19.9. The zero-order valence-electron chi connectivity index (χ0n) is 15.7. The Bertz CT molecular complexity index is 957. The van der Waals surface area contributed by atoms with E-state index in [0.29, 0.717) is 25.3 Å². The molecule has 4 rings (SSSR count). The Morgan fingerprint density at radius 1 is 1.14 bits per heavy atom. The van der Waals surface area contributed by atoms with Crippen LogP contribution in [0.25, 0.3) is 10.9 Å². The first-order valence-electron chi connectivity index (χ1n) is 9.58. The van der Waals surface area contributed by atoms with Crippen LogP contribution in [0.2, 0.25) is 0 Å². The summed E-state index contributed by atoms with van der Waals surface area (Å²) in [4.78, 5) is 15.4. The third-order valence-electron chi connectivity index (χ3n) is 5.29. The van der Waals surface area contributed by atoms with Crippen LogP contribution >= 0.6 is 11.8 Å². The molecule has 1 aliphatic heterocycles. The molecule has 0 unspecified atom stereocenters. The Morgan fingerprint density at radius 3 is 2.68 bits per heavy atom. The molecule has 1 amide bonds. The van der Waals surface area contributed by atoms with E-state index in [9.17, 15) is 9.90 Å². The molecular weight excluding hydrogens is 370 g/mol. The molecule has 0 radical (unpaired) electrons. The highest BCUT2D eigenvalue weighted by molar-refractivity contribution is 8.00. The van der Waals surface area contributed by atoms with Gasteiger partial charge in [-0.3, -0.25) is 4.79 Å². The molecule has 3 aromatic rings. The molecule has 0 aliphatic carbocycles. The number of aliphatic hydroxyl groups excluding tert-OH is 1. The van der Waals surface area contributed by atoms with Gasteiger partial charge in [0, 0.05) is 47.7 Å². The molecule has 2 heterocycles. The van der Waals surface area contributed by atoms with Gasteiger partial charge in [-0.05, 0) is 18.1 Å². The second-order valence-corrected chi connectivity index (χ2v) is 8.29. The van der Waals surface area contributed by atoms with E-state index in [1.165, 1.54) is 11.1 Å². The predicted octanol–water partition coefficient (Wildman–Crippen LogP) is 2.70. The minimum atomic E-state index is -0.629. The fourth-order valence-electron chi connectivity index (χ4n) is 3.65. The molecule has 1 aromatic heterocycles. The van der Waals surface area contributed by atoms with Crippen molar-refractivity contribution in [3.63, 3.8) is 0 Å². The number of likely N-dealkylation sites (tertiary alicyclic amines) is 1. The Balaban J connectivity index is 1.49. The summed E-state index contributed by atoms with van der Waals surface area (Å²) in [5.41, 5.74) is 8.25. The van der Waals surface area contributed by atoms with Crippen LogP contribution < -0.4 is 5.73 Å². The van der Waals surface area contributed by atoms with Gasteiger partial charge < -0.3 is 20.3 Å². The van der Waals surface area contributed by atoms with E-state index < -0.39 is 6.10 Å². The second-order valence-electron chi connectivity index (χ2n) is 7.27. The largest absolute Gasteiger partial charge is 0.390 e. The van der Waals surface area contributed by atoms with Crippen molar-refractivity contribution < 1.29 is 9.90 Å². The minimum absolute atomic E-state index is 0.0517. The highest BCUT2D eigenvalue weighted by Gasteiger charge is 2.27. The van der Waals surface area contributed by atoms with Crippen molar-refractivity contribution in [3.05, 3.63) is 66.4 Å². The zero-order chi connectivity index (χ0) is 19.5. The van der Waals surface area contributed by atoms with Crippen molar-refractivity contribution in [2.24, 2.45) is 5.73 Å². The van der Waals surface area contributed by atoms with Gasteiger partial charge in [-0.1, -0.05) is 48.5 Å². The monoisotopic (exact) mass is 395 g/mol. The number of thioether (sulfide) groups is 1. The van der Waals surface area contributed by atoms with E-state index in [0.717, 1.165) is 16.8 Å². The third-order valence-corrected chi connectivity index (χ3v) is 6.31. The third kappa shape index (κ3) is 4.09. The van der Waals surface area contributed by atoms with Crippen molar-refractivity contribution in [2.45, 2.75) is 30.0 Å². The SMILES string of the molecule is N[C@@H]1CCN(C(=O)CSc2cn(Cc3ccccc3)c3ccccc23)C[C@H]1O. The number of rotatable bonds is 5. The van der Waals surface area contributed by atoms with Crippen LogP contribution in [0.15, 0.2) is 65.7 Å². The quantitative estimate of drug-likeness (QED) is 0.652. The number of β-amino-alcohol motifs (C(OH)–C–C–N with tert-alkyl or cyclic N) is 1. The van der Waals surface area contributed by atoms with Crippen molar-refractivity contribution >= 4 is 28.6 Å². The average molecular weight is 396 g/mol. The Hall–Kier alpha value is -2.28. The van der Waals surface area contributed by atoms with E-state index in [2.05, 4.69) is 35.0 Å². The molecule has 146 valence electrons. The van der Waals surface area contributed by atoms with E-state index in [4.69, 9.17) is 5.73 Å². The summed E-state index contributed by atoms with van der Waals surface area (Å²) < 4.78 is 2.24. The van der Waals surface area contributed by atoms with Crippen molar-refractivity contribution in [1.82, 2.24) is 9.47 Å². The zero-order valence-corrected chi connectivity index (χ0v) is 16.5. The fraction of sp³-hybridized carbons (Fsp3) is 0.318. The Morgan fingerprint density at radius 2 is 1.89 bits per heavy atom. The van der Waals surface area contributed by atoms with Crippen LogP contribution in [-0.2, 0) is 11.3 Å². The molecule has 0 saturated carbocycles. The van der Waals surface area contributed by atoms with Gasteiger partial charge in [-0.2, -0.15) is 0 Å². The number of nitrogens with two attached hydrogens (primary N) is 1. The molecule has 2 aromatic carbocycles. The molecule has 28 heavy (non-hydrogen) atoms. The van der Waals surface area contributed by atoms with E-state index in [1.54, 1.807) is 16.7 Å². The maximum atomic E-state index is 12.6. The molecule has 5 nitrogen and oxygen atoms in total. The first-order chi connectivity index (χ1) is 13.6. The van der Waals surface area contributed by atoms with Gasteiger partial charge in [0.2, 0.25) is 5.91 Å². The van der Waals surface area contributed by atoms with Gasteiger partial charge in [-0.15, -0.1) is 11.8 Å². The number of carbonyl (C=O) groups excluding carboxylic acids is 1. The Kier molecular flexibility index (Phi) is 5.71. The maximum Gasteiger partial charge on any atom is 0.233 e. The summed E-state index contributed by atoms with van der Waals surface area (Å²) in [5, 5.41) is 11.1. The van der Waals surface area contributed by atoms with Crippen molar-refractivity contribution in [1.29, 1.82) is 0 Å². The lowest BCUT2D eigenvalue weighted by atomic mass is 10.0. The summed E-state index contributed by atoms with van der Waals surface area (Å²) in [6.45, 7) is 1.75. The maximum absolute atomic E-state index is 12.6. The predicted molar refractivity (Wildman–Crippen MR) is 113 cm³/mol. The fourth-order valence-corrected chi connectivity index (χ4v) is 4.64. The number of amides is 1. The lowest BCUT2D eigenvalue weighted by Gasteiger charge is -2.34. The number of hydrogen-bond acceptors (Lipinski definition) is 4. The van der Waals surface area contributed by atoms with E-state index in [-0.39, 0.29) is 11.9 Å². The van der Waals surface area contributed by atoms with Gasteiger partial charge in [0.05, 0.1) is 11.9 Å². The summed E-state index contributed by atoms with van der Waals surface area (Å²) >= 11 is 1.56. The molecule has 2 atom stereocenters. The number of para-hydroxylation sites is 1. The van der Waals surface area contributed by atoms with Crippen LogP contribution in [0.1, 0.15) is 12.0 Å². The molecule has 1 fully saturated rings. The summed E-state index contributed by atoms with van der Waals surface area (Å²) in [6.07, 6.45) is 2.15. The molecule has 1 saturated heterocycles. The molecule has 3 N–H and O–H groups in total. The Labute approximate surface area is 169 Å². The van der Waals surface area contributed by atoms with Gasteiger partial charge in [-0.25, -0.2) is 0 Å². The summed E-state index contributed by atoms with van der Waals surface area (Å²) in [6, 6.07) is 18.4. The van der Waals surface area contributed by atoms with Crippen LogP contribution in [0.5, 0.6) is 0 Å². The van der Waals surface area contributed by atoms with Crippen LogP contribution in [0.3, 0.4) is 0 Å². The summed E-state index contributed by atoms with van der Waals surface area (Å²) in [5.74, 6) is 0.414. The van der Waals surface area contributed by atoms with E-state index >= 15 is 0 Å². The van der Waals surface area contributed by atoms with Crippen molar-refractivity contribution in [2.75, 3.05) is 18.8 Å². The lowest BCUT2D eigenvalue weighted by Crippen LogP contribution is -2.52. The molecular formula is C22H25N3O2S. The topological polar surface area (TPSA) is 71.5 Å². The number of aliphatic hydroxyl groups is 1. The number of aromatic nitrogens is 1. The molecule has 1 aliphatic rings. The van der Waals surface area contributed by atoms with Gasteiger partial charge in [0.15, 0.2) is 0 Å². The minimum Gasteiger partial charge on any atom is -0.390 e. The van der Waals surface area contributed by atoms with Gasteiger partial charge >= 0.3 is 0 Å². The van der Waals surface area contributed by atoms with Crippen LogP contribution in [0.4, 0.5) is 0 Å². The lowest BCUT2D eigenvalue weighted by molar-refractivity contribution is -0.131. The summed E-state index contributed by atoms with van der Waals surface area (Å²) in [7, 11) is 0. The standard InChI is InChI=1S/C22H25N3O2S/c23-18-10-11-24(13-20(18)26)22(27)15-28-21-14-25(12-16-6-2-1-3-7-16)19-9-5-4-8-17(19)21/h1-9,14,18,20,26H,10-13,15,23H2/t18-,20-/m1/s1. The molecule has 0 spiro atoms. The van der Waals surface area contributed by atoms with Gasteiger partial charge in [0.1, 0.15) is 0 Å². The molecule has 6 heteroatoms. The average Bonchev–Trinajstić information content (AvgIpc) is 3.07. The van der Waals surface area contributed by atoms with E-state index in [1.807, 2.05) is 30.3 Å². The highest BCUT2D eigenvalue weighted by Crippen LogP contribution is 2.31. The number of nitrogens with zero attached hydrogens (tertiary/aromatic N) is 2. The number of piperidine rings is 1. The number of fused-ring (bicyclic) bond motifs is 1. The number of benzene rings is 2. The molecule has 0 bridgehead atoms. The smallest absolute Gasteiger partial charge is 0.233 e. The first-order valence-corrected chi connectivity index (χ1v) is 10.6. The second kappa shape index (κ2) is 8.39. The first kappa shape index (κ1) is 19.1. The van der Waals surface area contributed by atoms with Crippen LogP contribution in [0, 0.1) is 0 Å². The van der Waals surface area contributed by atoms with Crippen LogP contribution in [-0.4, -0.2) is 51.5 Å². The van der Waals surface area contributed by atoms with Crippen molar-refractivity contribution in [3.8, 4) is 0 Å².